The van der Waals surface area contributed by atoms with Crippen LogP contribution in [0.2, 0.25) is 0 Å². The molecule has 0 saturated carbocycles. The summed E-state index contributed by atoms with van der Waals surface area (Å²) in [7, 11) is 0. The summed E-state index contributed by atoms with van der Waals surface area (Å²) in [5.74, 6) is 1.33. The Labute approximate surface area is 89.1 Å². The molecule has 0 amide bonds. The molecule has 14 heavy (non-hydrogen) atoms. The summed E-state index contributed by atoms with van der Waals surface area (Å²) in [6, 6.07) is 5.92. The Kier molecular flexibility index (Phi) is 5.30. The van der Waals surface area contributed by atoms with Gasteiger partial charge in [0.1, 0.15) is 5.78 Å². The van der Waals surface area contributed by atoms with Gasteiger partial charge in [-0.1, -0.05) is 6.07 Å². The summed E-state index contributed by atoms with van der Waals surface area (Å²) in [5, 5.41) is 1.07. The van der Waals surface area contributed by atoms with Crippen LogP contribution in [0.1, 0.15) is 26.2 Å². The second kappa shape index (κ2) is 6.60. The average molecular weight is 209 g/mol. The van der Waals surface area contributed by atoms with Crippen LogP contribution < -0.4 is 0 Å². The predicted octanol–water partition coefficient (Wildman–Crippen LogP) is 2.93. The van der Waals surface area contributed by atoms with Crippen LogP contribution in [0.15, 0.2) is 29.4 Å². The van der Waals surface area contributed by atoms with Crippen molar-refractivity contribution in [3.05, 3.63) is 24.4 Å². The Morgan fingerprint density at radius 3 is 2.93 bits per heavy atom. The van der Waals surface area contributed by atoms with Crippen molar-refractivity contribution in [2.24, 2.45) is 0 Å². The number of carbonyl (C=O) groups is 1. The van der Waals surface area contributed by atoms with E-state index in [4.69, 9.17) is 0 Å². The normalized spacial score (nSPS) is 10.1. The highest BCUT2D eigenvalue weighted by atomic mass is 32.2. The smallest absolute Gasteiger partial charge is 0.129 e. The minimum absolute atomic E-state index is 0.285. The first-order valence-electron chi connectivity index (χ1n) is 4.82. The highest BCUT2D eigenvalue weighted by molar-refractivity contribution is 7.99. The number of hydrogen-bond acceptors (Lipinski definition) is 3. The van der Waals surface area contributed by atoms with E-state index in [-0.39, 0.29) is 5.78 Å². The molecule has 0 aliphatic heterocycles. The number of pyridine rings is 1. The summed E-state index contributed by atoms with van der Waals surface area (Å²) in [5.41, 5.74) is 0. The fourth-order valence-electron chi connectivity index (χ4n) is 1.09. The summed E-state index contributed by atoms with van der Waals surface area (Å²) >= 11 is 1.75. The number of unbranched alkanes of at least 4 members (excludes halogenated alkanes) is 1. The zero-order valence-corrected chi connectivity index (χ0v) is 9.22. The summed E-state index contributed by atoms with van der Waals surface area (Å²) in [6.45, 7) is 1.64. The molecule has 0 N–H and O–H groups in total. The van der Waals surface area contributed by atoms with E-state index in [1.165, 1.54) is 0 Å². The van der Waals surface area contributed by atoms with Crippen molar-refractivity contribution in [3.8, 4) is 0 Å². The monoisotopic (exact) mass is 209 g/mol. The molecule has 0 unspecified atom stereocenters. The lowest BCUT2D eigenvalue weighted by molar-refractivity contribution is -0.117. The van der Waals surface area contributed by atoms with Crippen LogP contribution in [0.4, 0.5) is 0 Å². The molecule has 3 heteroatoms. The van der Waals surface area contributed by atoms with Gasteiger partial charge in [0.25, 0.3) is 0 Å². The van der Waals surface area contributed by atoms with Gasteiger partial charge in [-0.05, 0) is 37.7 Å². The van der Waals surface area contributed by atoms with Gasteiger partial charge in [0, 0.05) is 12.6 Å². The van der Waals surface area contributed by atoms with E-state index in [0.29, 0.717) is 6.42 Å². The zero-order chi connectivity index (χ0) is 10.2. The molecular formula is C11H15NOS. The average Bonchev–Trinajstić information content (AvgIpc) is 2.18. The van der Waals surface area contributed by atoms with Gasteiger partial charge in [-0.3, -0.25) is 0 Å². The zero-order valence-electron chi connectivity index (χ0n) is 8.40. The number of Topliss-reactive ketones (excluding diaryl/α,β-unsaturated/α-hetero) is 1. The lowest BCUT2D eigenvalue weighted by atomic mass is 10.2. The van der Waals surface area contributed by atoms with Gasteiger partial charge in [0.2, 0.25) is 0 Å². The van der Waals surface area contributed by atoms with Gasteiger partial charge in [-0.2, -0.15) is 0 Å². The number of nitrogens with zero attached hydrogens (tertiary/aromatic N) is 1. The van der Waals surface area contributed by atoms with E-state index < -0.39 is 0 Å². The van der Waals surface area contributed by atoms with Crippen molar-refractivity contribution in [2.45, 2.75) is 31.2 Å². The molecule has 0 saturated heterocycles. The highest BCUT2D eigenvalue weighted by Crippen LogP contribution is 2.16. The Morgan fingerprint density at radius 1 is 1.43 bits per heavy atom. The van der Waals surface area contributed by atoms with Gasteiger partial charge in [-0.25, -0.2) is 4.98 Å². The van der Waals surface area contributed by atoms with E-state index in [9.17, 15) is 4.79 Å². The first kappa shape index (κ1) is 11.2. The van der Waals surface area contributed by atoms with Crippen molar-refractivity contribution < 1.29 is 4.79 Å². The molecule has 1 aromatic rings. The minimum atomic E-state index is 0.285. The lowest BCUT2D eigenvalue weighted by Crippen LogP contribution is -1.90. The van der Waals surface area contributed by atoms with Crippen molar-refractivity contribution in [1.82, 2.24) is 4.98 Å². The number of hydrogen-bond donors (Lipinski definition) is 0. The third kappa shape index (κ3) is 5.02. The highest BCUT2D eigenvalue weighted by Gasteiger charge is 1.96. The van der Waals surface area contributed by atoms with Gasteiger partial charge in [0.05, 0.1) is 5.03 Å². The maximum Gasteiger partial charge on any atom is 0.129 e. The van der Waals surface area contributed by atoms with Gasteiger partial charge in [-0.15, -0.1) is 11.8 Å². The third-order valence-corrected chi connectivity index (χ3v) is 2.84. The number of rotatable bonds is 6. The predicted molar refractivity (Wildman–Crippen MR) is 59.5 cm³/mol. The van der Waals surface area contributed by atoms with Crippen LogP contribution in [-0.2, 0) is 4.79 Å². The Balaban J connectivity index is 2.08. The van der Waals surface area contributed by atoms with Crippen molar-refractivity contribution in [1.29, 1.82) is 0 Å². The SMILES string of the molecule is CC(=O)CCCCSc1ccccn1. The van der Waals surface area contributed by atoms with E-state index in [0.717, 1.165) is 23.6 Å². The summed E-state index contributed by atoms with van der Waals surface area (Å²) in [6.07, 6.45) is 4.59. The molecule has 0 atom stereocenters. The number of thioether (sulfide) groups is 1. The number of ketones is 1. The molecule has 0 aliphatic carbocycles. The van der Waals surface area contributed by atoms with Gasteiger partial charge < -0.3 is 4.79 Å². The van der Waals surface area contributed by atoms with Crippen molar-refractivity contribution in [2.75, 3.05) is 5.75 Å². The van der Waals surface area contributed by atoms with Crippen molar-refractivity contribution >= 4 is 17.5 Å². The molecule has 2 nitrogen and oxygen atoms in total. The van der Waals surface area contributed by atoms with E-state index in [1.807, 2.05) is 18.2 Å². The third-order valence-electron chi connectivity index (χ3n) is 1.81. The largest absolute Gasteiger partial charge is 0.300 e. The molecule has 0 radical (unpaired) electrons. The van der Waals surface area contributed by atoms with Crippen LogP contribution in [0.3, 0.4) is 0 Å². The standard InChI is InChI=1S/C11H15NOS/c1-10(13)6-3-5-9-14-11-7-2-4-8-12-11/h2,4,7-8H,3,5-6,9H2,1H3. The molecule has 1 rings (SSSR count). The molecule has 0 bridgehead atoms. The molecule has 0 aliphatic rings. The molecule has 0 aromatic carbocycles. The molecule has 1 aromatic heterocycles. The maximum atomic E-state index is 10.7. The van der Waals surface area contributed by atoms with Gasteiger partial charge in [0.15, 0.2) is 0 Å². The fourth-order valence-corrected chi connectivity index (χ4v) is 1.95. The molecule has 76 valence electrons. The maximum absolute atomic E-state index is 10.7. The van der Waals surface area contributed by atoms with Crippen LogP contribution >= 0.6 is 11.8 Å². The van der Waals surface area contributed by atoms with Crippen LogP contribution in [0.25, 0.3) is 0 Å². The topological polar surface area (TPSA) is 30.0 Å². The second-order valence-electron chi connectivity index (χ2n) is 3.18. The Hall–Kier alpha value is -0.830. The van der Waals surface area contributed by atoms with Crippen LogP contribution in [0.5, 0.6) is 0 Å². The number of carbonyl (C=O) groups excluding carboxylic acids is 1. The van der Waals surface area contributed by atoms with E-state index in [2.05, 4.69) is 4.98 Å². The van der Waals surface area contributed by atoms with Crippen LogP contribution in [-0.4, -0.2) is 16.5 Å². The first-order valence-corrected chi connectivity index (χ1v) is 5.81. The number of aromatic nitrogens is 1. The first-order chi connectivity index (χ1) is 6.79. The molecule has 0 spiro atoms. The lowest BCUT2D eigenvalue weighted by Gasteiger charge is -1.99. The fraction of sp³-hybridized carbons (Fsp3) is 0.455. The van der Waals surface area contributed by atoms with Crippen molar-refractivity contribution in [3.63, 3.8) is 0 Å². The molecular weight excluding hydrogens is 194 g/mol. The van der Waals surface area contributed by atoms with E-state index >= 15 is 0 Å². The second-order valence-corrected chi connectivity index (χ2v) is 4.29. The summed E-state index contributed by atoms with van der Waals surface area (Å²) < 4.78 is 0. The minimum Gasteiger partial charge on any atom is -0.300 e. The summed E-state index contributed by atoms with van der Waals surface area (Å²) in [4.78, 5) is 14.9. The van der Waals surface area contributed by atoms with E-state index in [1.54, 1.807) is 24.9 Å². The molecule has 0 fully saturated rings. The quantitative estimate of drug-likeness (QED) is 0.533. The Morgan fingerprint density at radius 2 is 2.29 bits per heavy atom. The molecule has 1 heterocycles. The van der Waals surface area contributed by atoms with Crippen LogP contribution in [0, 0.1) is 0 Å². The van der Waals surface area contributed by atoms with Gasteiger partial charge >= 0.3 is 0 Å². The Bertz CT molecular complexity index is 274.